The molecule has 2 aliphatic heterocycles. The van der Waals surface area contributed by atoms with Crippen LogP contribution < -0.4 is 15.5 Å². The maximum atomic E-state index is 14.4. The number of benzene rings is 1. The van der Waals surface area contributed by atoms with Crippen molar-refractivity contribution in [2.45, 2.75) is 19.4 Å². The van der Waals surface area contributed by atoms with Gasteiger partial charge in [0.1, 0.15) is 23.4 Å². The maximum absolute atomic E-state index is 14.4. The summed E-state index contributed by atoms with van der Waals surface area (Å²) in [4.78, 5) is 17.8. The lowest BCUT2D eigenvalue weighted by Gasteiger charge is -2.30. The van der Waals surface area contributed by atoms with Gasteiger partial charge < -0.3 is 20.4 Å². The monoisotopic (exact) mass is 338 g/mol. The van der Waals surface area contributed by atoms with Gasteiger partial charge in [-0.1, -0.05) is 5.16 Å². The molecule has 24 heavy (non-hydrogen) atoms. The zero-order chi connectivity index (χ0) is 17.1. The molecule has 0 saturated carbocycles. The SMILES string of the molecule is CC(=O)NCC1CC(c2cc(F)c(N3CCNCC3)c(F)c2)=NO1. The first-order valence-electron chi connectivity index (χ1n) is 7.97. The van der Waals surface area contributed by atoms with Gasteiger partial charge in [0.2, 0.25) is 5.91 Å². The molecule has 0 aliphatic carbocycles. The fraction of sp³-hybridized carbons (Fsp3) is 0.500. The van der Waals surface area contributed by atoms with E-state index in [1.54, 1.807) is 4.90 Å². The number of nitrogens with one attached hydrogen (secondary N) is 2. The Hall–Kier alpha value is -2.22. The fourth-order valence-corrected chi connectivity index (χ4v) is 2.89. The van der Waals surface area contributed by atoms with Crippen molar-refractivity contribution in [1.29, 1.82) is 0 Å². The van der Waals surface area contributed by atoms with Crippen molar-refractivity contribution < 1.29 is 18.4 Å². The highest BCUT2D eigenvalue weighted by molar-refractivity contribution is 6.01. The molecule has 3 rings (SSSR count). The van der Waals surface area contributed by atoms with E-state index in [0.29, 0.717) is 50.4 Å². The quantitative estimate of drug-likeness (QED) is 0.860. The Morgan fingerprint density at radius 3 is 2.67 bits per heavy atom. The lowest BCUT2D eigenvalue weighted by Crippen LogP contribution is -2.44. The smallest absolute Gasteiger partial charge is 0.217 e. The number of anilines is 1. The molecule has 0 bridgehead atoms. The minimum absolute atomic E-state index is 0.00885. The van der Waals surface area contributed by atoms with Crippen molar-refractivity contribution in [3.05, 3.63) is 29.3 Å². The van der Waals surface area contributed by atoms with E-state index in [9.17, 15) is 13.6 Å². The molecule has 0 spiro atoms. The number of carbonyl (C=O) groups excluding carboxylic acids is 1. The Morgan fingerprint density at radius 1 is 1.38 bits per heavy atom. The highest BCUT2D eigenvalue weighted by Gasteiger charge is 2.26. The van der Waals surface area contributed by atoms with Crippen LogP contribution in [0.1, 0.15) is 18.9 Å². The fourth-order valence-electron chi connectivity index (χ4n) is 2.89. The van der Waals surface area contributed by atoms with Crippen LogP contribution in [0.25, 0.3) is 0 Å². The number of oxime groups is 1. The summed E-state index contributed by atoms with van der Waals surface area (Å²) in [5.74, 6) is -1.36. The van der Waals surface area contributed by atoms with E-state index in [4.69, 9.17) is 4.84 Å². The van der Waals surface area contributed by atoms with Crippen LogP contribution in [0.15, 0.2) is 17.3 Å². The summed E-state index contributed by atoms with van der Waals surface area (Å²) in [5, 5.41) is 9.69. The second kappa shape index (κ2) is 7.12. The van der Waals surface area contributed by atoms with E-state index in [-0.39, 0.29) is 17.7 Å². The number of hydrogen-bond acceptors (Lipinski definition) is 5. The molecular formula is C16H20F2N4O2. The van der Waals surface area contributed by atoms with Gasteiger partial charge in [-0.05, 0) is 12.1 Å². The highest BCUT2D eigenvalue weighted by Crippen LogP contribution is 2.27. The maximum Gasteiger partial charge on any atom is 0.217 e. The first-order chi connectivity index (χ1) is 11.5. The molecule has 130 valence electrons. The first-order valence-corrected chi connectivity index (χ1v) is 7.97. The lowest BCUT2D eigenvalue weighted by atomic mass is 10.0. The number of nitrogens with zero attached hydrogens (tertiary/aromatic N) is 2. The van der Waals surface area contributed by atoms with Crippen molar-refractivity contribution in [2.75, 3.05) is 37.6 Å². The predicted molar refractivity (Wildman–Crippen MR) is 86.2 cm³/mol. The topological polar surface area (TPSA) is 66.0 Å². The van der Waals surface area contributed by atoms with Crippen LogP contribution in [0.3, 0.4) is 0 Å². The van der Waals surface area contributed by atoms with Gasteiger partial charge in [0, 0.05) is 45.1 Å². The molecule has 0 aromatic heterocycles. The largest absolute Gasteiger partial charge is 0.390 e. The van der Waals surface area contributed by atoms with Crippen LogP contribution in [0.4, 0.5) is 14.5 Å². The second-order valence-corrected chi connectivity index (χ2v) is 5.93. The molecule has 1 unspecified atom stereocenters. The van der Waals surface area contributed by atoms with Crippen LogP contribution >= 0.6 is 0 Å². The molecule has 2 aliphatic rings. The number of rotatable bonds is 4. The van der Waals surface area contributed by atoms with Crippen LogP contribution in [-0.2, 0) is 9.63 Å². The van der Waals surface area contributed by atoms with Crippen molar-refractivity contribution in [1.82, 2.24) is 10.6 Å². The van der Waals surface area contributed by atoms with Gasteiger partial charge >= 0.3 is 0 Å². The molecule has 0 radical (unpaired) electrons. The van der Waals surface area contributed by atoms with Crippen molar-refractivity contribution >= 4 is 17.3 Å². The number of carbonyl (C=O) groups is 1. The standard InChI is InChI=1S/C16H20F2N4O2/c1-10(23)20-9-12-8-15(21-24-12)11-6-13(17)16(14(18)7-11)22-4-2-19-3-5-22/h6-7,12,19H,2-5,8-9H2,1H3,(H,20,23). The van der Waals surface area contributed by atoms with Crippen molar-refractivity contribution in [3.8, 4) is 0 Å². The van der Waals surface area contributed by atoms with E-state index >= 15 is 0 Å². The zero-order valence-corrected chi connectivity index (χ0v) is 13.4. The molecule has 2 N–H and O–H groups in total. The number of hydrogen-bond donors (Lipinski definition) is 2. The van der Waals surface area contributed by atoms with Gasteiger partial charge in [0.05, 0.1) is 12.3 Å². The molecule has 6 nitrogen and oxygen atoms in total. The van der Waals surface area contributed by atoms with E-state index in [1.165, 1.54) is 19.1 Å². The Bertz CT molecular complexity index is 636. The van der Waals surface area contributed by atoms with E-state index < -0.39 is 11.6 Å². The number of amides is 1. The number of halogens is 2. The normalized spacial score (nSPS) is 20.5. The van der Waals surface area contributed by atoms with Gasteiger partial charge in [-0.15, -0.1) is 0 Å². The van der Waals surface area contributed by atoms with Crippen molar-refractivity contribution in [3.63, 3.8) is 0 Å². The third kappa shape index (κ3) is 3.64. The Labute approximate surface area is 138 Å². The molecule has 1 aromatic rings. The Balaban J connectivity index is 1.72. The molecule has 8 heteroatoms. The zero-order valence-electron chi connectivity index (χ0n) is 13.4. The highest BCUT2D eigenvalue weighted by atomic mass is 19.1. The predicted octanol–water partition coefficient (Wildman–Crippen LogP) is 1.00. The second-order valence-electron chi connectivity index (χ2n) is 5.93. The molecule has 1 atom stereocenters. The molecule has 1 aromatic carbocycles. The van der Waals surface area contributed by atoms with Crippen LogP contribution in [0.5, 0.6) is 0 Å². The third-order valence-corrected chi connectivity index (χ3v) is 4.10. The molecule has 1 amide bonds. The van der Waals surface area contributed by atoms with Gasteiger partial charge in [-0.2, -0.15) is 0 Å². The summed E-state index contributed by atoms with van der Waals surface area (Å²) < 4.78 is 28.9. The van der Waals surface area contributed by atoms with Gasteiger partial charge in [-0.25, -0.2) is 8.78 Å². The molecule has 2 heterocycles. The van der Waals surface area contributed by atoms with Gasteiger partial charge in [-0.3, -0.25) is 4.79 Å². The third-order valence-electron chi connectivity index (χ3n) is 4.10. The van der Waals surface area contributed by atoms with E-state index in [0.717, 1.165) is 0 Å². The van der Waals surface area contributed by atoms with Crippen LogP contribution in [-0.4, -0.2) is 50.4 Å². The van der Waals surface area contributed by atoms with Crippen LogP contribution in [0.2, 0.25) is 0 Å². The average Bonchev–Trinajstić information content (AvgIpc) is 3.02. The summed E-state index contributed by atoms with van der Waals surface area (Å²) in [6.07, 6.45) is 0.0782. The minimum atomic E-state index is -0.597. The van der Waals surface area contributed by atoms with Crippen molar-refractivity contribution in [2.24, 2.45) is 5.16 Å². The summed E-state index contributed by atoms with van der Waals surface area (Å²) in [6.45, 7) is 4.26. The molecular weight excluding hydrogens is 318 g/mol. The van der Waals surface area contributed by atoms with E-state index in [2.05, 4.69) is 15.8 Å². The van der Waals surface area contributed by atoms with Crippen LogP contribution in [0, 0.1) is 11.6 Å². The summed E-state index contributed by atoms with van der Waals surface area (Å²) in [6, 6.07) is 2.59. The van der Waals surface area contributed by atoms with Gasteiger partial charge in [0.25, 0.3) is 0 Å². The summed E-state index contributed by atoms with van der Waals surface area (Å²) >= 11 is 0. The average molecular weight is 338 g/mol. The number of piperazine rings is 1. The summed E-state index contributed by atoms with van der Waals surface area (Å²) in [5.41, 5.74) is 0.860. The summed E-state index contributed by atoms with van der Waals surface area (Å²) in [7, 11) is 0. The minimum Gasteiger partial charge on any atom is -0.390 e. The van der Waals surface area contributed by atoms with Gasteiger partial charge in [0.15, 0.2) is 0 Å². The first kappa shape index (κ1) is 16.6. The lowest BCUT2D eigenvalue weighted by molar-refractivity contribution is -0.119. The Kier molecular flexibility index (Phi) is 4.94. The Morgan fingerprint density at radius 2 is 2.04 bits per heavy atom. The van der Waals surface area contributed by atoms with E-state index in [1.807, 2.05) is 0 Å². The molecule has 1 saturated heterocycles. The molecule has 1 fully saturated rings.